The van der Waals surface area contributed by atoms with E-state index in [0.717, 1.165) is 32.1 Å². The van der Waals surface area contributed by atoms with Gasteiger partial charge in [-0.05, 0) is 44.9 Å². The van der Waals surface area contributed by atoms with Gasteiger partial charge in [0, 0.05) is 12.8 Å². The molecule has 0 aromatic rings. The zero-order valence-corrected chi connectivity index (χ0v) is 10.1. The number of carbonyl (C=O) groups is 1. The van der Waals surface area contributed by atoms with Crippen LogP contribution < -0.4 is 0 Å². The van der Waals surface area contributed by atoms with E-state index < -0.39 is 5.79 Å². The largest absolute Gasteiger partial charge is 0.345 e. The molecule has 3 heteroatoms. The van der Waals surface area contributed by atoms with Crippen molar-refractivity contribution in [1.82, 2.24) is 0 Å². The van der Waals surface area contributed by atoms with Gasteiger partial charge in [0.1, 0.15) is 5.78 Å². The third-order valence-corrected chi connectivity index (χ3v) is 4.27. The predicted molar refractivity (Wildman–Crippen MR) is 58.9 cm³/mol. The quantitative estimate of drug-likeness (QED) is 0.633. The van der Waals surface area contributed by atoms with Gasteiger partial charge in [-0.1, -0.05) is 0 Å². The number of hydrogen-bond donors (Lipinski definition) is 0. The van der Waals surface area contributed by atoms with Gasteiger partial charge in [0.2, 0.25) is 0 Å². The summed E-state index contributed by atoms with van der Waals surface area (Å²) < 4.78 is 11.9. The Kier molecular flexibility index (Phi) is 2.37. The molecule has 16 heavy (non-hydrogen) atoms. The Morgan fingerprint density at radius 1 is 1.31 bits per heavy atom. The Bertz CT molecular complexity index is 310. The lowest BCUT2D eigenvalue weighted by molar-refractivity contribution is -0.160. The second-order valence-corrected chi connectivity index (χ2v) is 5.93. The minimum atomic E-state index is -0.420. The van der Waals surface area contributed by atoms with Crippen molar-refractivity contribution >= 4 is 5.78 Å². The van der Waals surface area contributed by atoms with Crippen LogP contribution >= 0.6 is 0 Å². The molecular weight excluding hydrogens is 204 g/mol. The molecule has 4 atom stereocenters. The van der Waals surface area contributed by atoms with E-state index in [0.29, 0.717) is 17.6 Å². The smallest absolute Gasteiger partial charge is 0.163 e. The molecule has 0 bridgehead atoms. The maximum absolute atomic E-state index is 11.6. The fourth-order valence-corrected chi connectivity index (χ4v) is 3.71. The second-order valence-electron chi connectivity index (χ2n) is 5.93. The first-order valence-corrected chi connectivity index (χ1v) is 6.42. The standard InChI is InChI=1S/C13H20O3/c1-13(2)15-11-7-8-6-9(14)4-3-5-10(8)12(11)16-13/h8,10-12H,3-7H2,1-2H3/t8-,10-,11+,12-/m1/s1. The van der Waals surface area contributed by atoms with Crippen LogP contribution in [0.3, 0.4) is 0 Å². The molecule has 3 rings (SSSR count). The number of rotatable bonds is 0. The van der Waals surface area contributed by atoms with Gasteiger partial charge in [-0.2, -0.15) is 0 Å². The molecule has 1 heterocycles. The van der Waals surface area contributed by atoms with Crippen LogP contribution in [0.4, 0.5) is 0 Å². The zero-order chi connectivity index (χ0) is 11.3. The molecule has 0 aromatic heterocycles. The summed E-state index contributed by atoms with van der Waals surface area (Å²) in [5.41, 5.74) is 0. The molecule has 0 radical (unpaired) electrons. The summed E-state index contributed by atoms with van der Waals surface area (Å²) in [5, 5.41) is 0. The highest BCUT2D eigenvalue weighted by Crippen LogP contribution is 2.48. The number of ketones is 1. The van der Waals surface area contributed by atoms with Crippen molar-refractivity contribution in [1.29, 1.82) is 0 Å². The molecule has 0 spiro atoms. The van der Waals surface area contributed by atoms with Crippen molar-refractivity contribution in [2.75, 3.05) is 0 Å². The fraction of sp³-hybridized carbons (Fsp3) is 0.923. The van der Waals surface area contributed by atoms with Gasteiger partial charge in [0.25, 0.3) is 0 Å². The maximum atomic E-state index is 11.6. The Labute approximate surface area is 96.5 Å². The Balaban J connectivity index is 1.78. The monoisotopic (exact) mass is 224 g/mol. The molecule has 3 aliphatic rings. The molecule has 0 unspecified atom stereocenters. The molecule has 0 amide bonds. The lowest BCUT2D eigenvalue weighted by Gasteiger charge is -2.24. The fourth-order valence-electron chi connectivity index (χ4n) is 3.71. The number of ether oxygens (including phenoxy) is 2. The van der Waals surface area contributed by atoms with E-state index in [-0.39, 0.29) is 12.2 Å². The normalized spacial score (nSPS) is 46.2. The van der Waals surface area contributed by atoms with E-state index in [1.807, 2.05) is 13.8 Å². The van der Waals surface area contributed by atoms with Crippen LogP contribution in [-0.4, -0.2) is 23.8 Å². The molecule has 2 aliphatic carbocycles. The molecule has 1 aliphatic heterocycles. The summed E-state index contributed by atoms with van der Waals surface area (Å²) in [6, 6.07) is 0. The van der Waals surface area contributed by atoms with Crippen LogP contribution in [0.15, 0.2) is 0 Å². The summed E-state index contributed by atoms with van der Waals surface area (Å²) in [7, 11) is 0. The minimum Gasteiger partial charge on any atom is -0.345 e. The van der Waals surface area contributed by atoms with E-state index >= 15 is 0 Å². The average Bonchev–Trinajstić information content (AvgIpc) is 2.53. The summed E-state index contributed by atoms with van der Waals surface area (Å²) >= 11 is 0. The summed E-state index contributed by atoms with van der Waals surface area (Å²) in [4.78, 5) is 11.6. The lowest BCUT2D eigenvalue weighted by Crippen LogP contribution is -2.27. The van der Waals surface area contributed by atoms with Crippen molar-refractivity contribution in [2.45, 2.75) is 63.9 Å². The van der Waals surface area contributed by atoms with Gasteiger partial charge in [-0.15, -0.1) is 0 Å². The number of Topliss-reactive ketones (excluding diaryl/α,β-unsaturated/α-hetero) is 1. The van der Waals surface area contributed by atoms with Crippen LogP contribution in [0.1, 0.15) is 46.0 Å². The summed E-state index contributed by atoms with van der Waals surface area (Å²) in [6.45, 7) is 3.98. The van der Waals surface area contributed by atoms with Gasteiger partial charge in [0.15, 0.2) is 5.79 Å². The molecule has 3 fully saturated rings. The molecular formula is C13H20O3. The van der Waals surface area contributed by atoms with Crippen molar-refractivity contribution < 1.29 is 14.3 Å². The highest BCUT2D eigenvalue weighted by Gasteiger charge is 2.53. The SMILES string of the molecule is CC1(C)O[C@@H]2[C@@H]3CCCC(=O)C[C@@H]3C[C@@H]2O1. The first-order chi connectivity index (χ1) is 7.55. The minimum absolute atomic E-state index is 0.232. The summed E-state index contributed by atoms with van der Waals surface area (Å²) in [6.07, 6.45) is 5.19. The van der Waals surface area contributed by atoms with Crippen molar-refractivity contribution in [3.63, 3.8) is 0 Å². The van der Waals surface area contributed by atoms with Crippen LogP contribution in [-0.2, 0) is 14.3 Å². The molecule has 1 saturated heterocycles. The maximum Gasteiger partial charge on any atom is 0.163 e. The van der Waals surface area contributed by atoms with Crippen LogP contribution in [0.25, 0.3) is 0 Å². The first-order valence-electron chi connectivity index (χ1n) is 6.42. The van der Waals surface area contributed by atoms with Crippen LogP contribution in [0.5, 0.6) is 0 Å². The van der Waals surface area contributed by atoms with Gasteiger partial charge in [-0.3, -0.25) is 4.79 Å². The zero-order valence-electron chi connectivity index (χ0n) is 10.1. The predicted octanol–water partition coefficient (Wildman–Crippen LogP) is 2.29. The average molecular weight is 224 g/mol. The first kappa shape index (κ1) is 10.7. The van der Waals surface area contributed by atoms with Crippen LogP contribution in [0, 0.1) is 11.8 Å². The van der Waals surface area contributed by atoms with Crippen molar-refractivity contribution in [3.05, 3.63) is 0 Å². The summed E-state index contributed by atoms with van der Waals surface area (Å²) in [5.74, 6) is 1.09. The highest BCUT2D eigenvalue weighted by atomic mass is 16.8. The van der Waals surface area contributed by atoms with Gasteiger partial charge in [0.05, 0.1) is 12.2 Å². The Morgan fingerprint density at radius 2 is 2.12 bits per heavy atom. The lowest BCUT2D eigenvalue weighted by atomic mass is 9.90. The highest BCUT2D eigenvalue weighted by molar-refractivity contribution is 5.79. The third-order valence-electron chi connectivity index (χ3n) is 4.27. The van der Waals surface area contributed by atoms with E-state index in [2.05, 4.69) is 0 Å². The Hall–Kier alpha value is -0.410. The van der Waals surface area contributed by atoms with Crippen LogP contribution in [0.2, 0.25) is 0 Å². The number of carbonyl (C=O) groups excluding carboxylic acids is 1. The van der Waals surface area contributed by atoms with Crippen molar-refractivity contribution in [3.8, 4) is 0 Å². The molecule has 0 N–H and O–H groups in total. The second kappa shape index (κ2) is 3.54. The molecule has 0 aromatic carbocycles. The van der Waals surface area contributed by atoms with Gasteiger partial charge >= 0.3 is 0 Å². The molecule has 3 nitrogen and oxygen atoms in total. The Morgan fingerprint density at radius 3 is 2.94 bits per heavy atom. The van der Waals surface area contributed by atoms with E-state index in [1.165, 1.54) is 0 Å². The third kappa shape index (κ3) is 1.70. The van der Waals surface area contributed by atoms with Gasteiger partial charge in [-0.25, -0.2) is 0 Å². The van der Waals surface area contributed by atoms with E-state index in [9.17, 15) is 4.79 Å². The number of fused-ring (bicyclic) bond motifs is 3. The molecule has 2 saturated carbocycles. The molecule has 90 valence electrons. The van der Waals surface area contributed by atoms with E-state index in [1.54, 1.807) is 0 Å². The van der Waals surface area contributed by atoms with Gasteiger partial charge < -0.3 is 9.47 Å². The topological polar surface area (TPSA) is 35.5 Å². The van der Waals surface area contributed by atoms with Crippen molar-refractivity contribution in [2.24, 2.45) is 11.8 Å². The number of hydrogen-bond acceptors (Lipinski definition) is 3. The van der Waals surface area contributed by atoms with E-state index in [4.69, 9.17) is 9.47 Å².